The Hall–Kier alpha value is -2.46. The van der Waals surface area contributed by atoms with Crippen molar-refractivity contribution in [1.29, 1.82) is 0 Å². The zero-order valence-corrected chi connectivity index (χ0v) is 26.5. The summed E-state index contributed by atoms with van der Waals surface area (Å²) in [4.78, 5) is 51.4. The van der Waals surface area contributed by atoms with E-state index >= 15 is 0 Å². The molecule has 2 aliphatic heterocycles. The Morgan fingerprint density at radius 2 is 1.88 bits per heavy atom. The Morgan fingerprint density at radius 3 is 2.53 bits per heavy atom. The number of nitrogens with two attached hydrogens (primary N) is 1. The topological polar surface area (TPSA) is 174 Å². The molecule has 0 aliphatic carbocycles. The smallest absolute Gasteiger partial charge is 0.352 e. The average Bonchev–Trinajstić information content (AvgIpc) is 2.98. The highest BCUT2D eigenvalue weighted by Crippen LogP contribution is 2.41. The van der Waals surface area contributed by atoms with Crippen molar-refractivity contribution in [2.75, 3.05) is 17.3 Å². The third-order valence-corrected chi connectivity index (χ3v) is 11.0. The van der Waals surface area contributed by atoms with Crippen molar-refractivity contribution >= 4 is 82.2 Å². The molecule has 11 nitrogen and oxygen atoms in total. The number of fused-ring (bicyclic) bond motifs is 1. The van der Waals surface area contributed by atoms with Gasteiger partial charge in [-0.2, -0.15) is 0 Å². The van der Waals surface area contributed by atoms with Crippen molar-refractivity contribution in [3.05, 3.63) is 63.5 Å². The zero-order chi connectivity index (χ0) is 31.3. The summed E-state index contributed by atoms with van der Waals surface area (Å²) in [5.41, 5.74) is 6.58. The largest absolute Gasteiger partial charge is 0.480 e. The number of amides is 2. The van der Waals surface area contributed by atoms with Gasteiger partial charge in [0, 0.05) is 44.9 Å². The quantitative estimate of drug-likeness (QED) is 0.112. The maximum atomic E-state index is 13.0. The minimum Gasteiger partial charge on any atom is -0.480 e. The van der Waals surface area contributed by atoms with Crippen LogP contribution in [0.1, 0.15) is 18.4 Å². The van der Waals surface area contributed by atoms with E-state index in [1.807, 2.05) is 29.1 Å². The number of carboxylic acid groups (broad SMARTS) is 2. The average molecular weight is 689 g/mol. The van der Waals surface area contributed by atoms with Gasteiger partial charge < -0.3 is 26.4 Å². The van der Waals surface area contributed by atoms with Crippen molar-refractivity contribution < 1.29 is 39.1 Å². The summed E-state index contributed by atoms with van der Waals surface area (Å²) < 4.78 is 1.92. The SMILES string of the molecule is N[C@H](CCC[n+]1ccc(SCC2=C(C(=O)O)N3C(=O)[C@H](NC(=O)CSc4cc(Cl)c(CO)cc4Cl)[C@H]3SC2)cc1)C(=O)O. The third-order valence-electron chi connectivity index (χ3n) is 6.72. The van der Waals surface area contributed by atoms with Crippen LogP contribution in [-0.4, -0.2) is 78.7 Å². The molecule has 16 heteroatoms. The molecule has 3 heterocycles. The van der Waals surface area contributed by atoms with Gasteiger partial charge in [0.15, 0.2) is 12.4 Å². The van der Waals surface area contributed by atoms with Crippen molar-refractivity contribution in [1.82, 2.24) is 10.2 Å². The molecule has 1 aromatic carbocycles. The van der Waals surface area contributed by atoms with Crippen molar-refractivity contribution in [3.63, 3.8) is 0 Å². The molecule has 0 bridgehead atoms. The Morgan fingerprint density at radius 1 is 1.16 bits per heavy atom. The Bertz CT molecular complexity index is 1440. The number of nitrogens with zero attached hydrogens (tertiary/aromatic N) is 2. The number of nitrogens with one attached hydrogen (secondary N) is 1. The van der Waals surface area contributed by atoms with Crippen molar-refractivity contribution in [2.24, 2.45) is 5.73 Å². The van der Waals surface area contributed by atoms with Gasteiger partial charge in [-0.05, 0) is 29.7 Å². The first-order valence-corrected chi connectivity index (χ1v) is 16.8. The third kappa shape index (κ3) is 8.18. The van der Waals surface area contributed by atoms with Crippen LogP contribution in [0, 0.1) is 0 Å². The second kappa shape index (κ2) is 15.0. The van der Waals surface area contributed by atoms with E-state index in [9.17, 15) is 29.4 Å². The van der Waals surface area contributed by atoms with Crippen LogP contribution in [-0.2, 0) is 32.3 Å². The first-order valence-electron chi connectivity index (χ1n) is 13.0. The van der Waals surface area contributed by atoms with Gasteiger partial charge in [0.05, 0.1) is 17.4 Å². The highest BCUT2D eigenvalue weighted by atomic mass is 35.5. The number of carboxylic acids is 2. The predicted octanol–water partition coefficient (Wildman–Crippen LogP) is 2.59. The molecular formula is C27H29Cl2N4O7S3+. The number of hydrogen-bond acceptors (Lipinski definition) is 9. The second-order valence-electron chi connectivity index (χ2n) is 9.68. The molecule has 4 rings (SSSR count). The molecule has 2 aromatic rings. The Labute approximate surface area is 270 Å². The zero-order valence-electron chi connectivity index (χ0n) is 22.6. The van der Waals surface area contributed by atoms with Crippen LogP contribution in [0.25, 0.3) is 0 Å². The molecule has 0 saturated carbocycles. The van der Waals surface area contributed by atoms with Gasteiger partial charge in [0.25, 0.3) is 5.91 Å². The minimum absolute atomic E-state index is 0.0356. The van der Waals surface area contributed by atoms with Crippen molar-refractivity contribution in [3.8, 4) is 0 Å². The van der Waals surface area contributed by atoms with Crippen LogP contribution in [0.2, 0.25) is 10.0 Å². The second-order valence-corrected chi connectivity index (χ2v) is 13.7. The van der Waals surface area contributed by atoms with Crippen LogP contribution < -0.4 is 15.6 Å². The molecule has 1 saturated heterocycles. The standard InChI is InChI=1S/C27H28Cl2N4O7S3/c28-17-9-20(18(29)8-14(17)10-34)42-13-21(35)31-22-24(36)33-23(27(39)40)15(12-43-25(22)33)11-41-16-3-6-32(7-4-16)5-1-2-19(30)26(37)38/h3-4,6-9,19,22,25,34H,1-2,5,10-13,30H2,(H2-,31,35,37,38,39,40)/p+1/t19-,22+,25-/m1/s1. The fourth-order valence-corrected chi connectivity index (χ4v) is 8.21. The minimum atomic E-state index is -1.20. The van der Waals surface area contributed by atoms with Gasteiger partial charge in [-0.1, -0.05) is 23.2 Å². The maximum absolute atomic E-state index is 13.0. The summed E-state index contributed by atoms with van der Waals surface area (Å²) in [7, 11) is 0. The number of aromatic nitrogens is 1. The lowest BCUT2D eigenvalue weighted by molar-refractivity contribution is -0.697. The molecule has 3 atom stereocenters. The molecule has 0 spiro atoms. The van der Waals surface area contributed by atoms with E-state index in [0.29, 0.717) is 57.0 Å². The number of halogens is 2. The Balaban J connectivity index is 1.31. The van der Waals surface area contributed by atoms with Gasteiger partial charge in [-0.25, -0.2) is 9.36 Å². The summed E-state index contributed by atoms with van der Waals surface area (Å²) in [5, 5.41) is 31.0. The molecular weight excluding hydrogens is 659 g/mol. The highest BCUT2D eigenvalue weighted by Gasteiger charge is 2.54. The van der Waals surface area contributed by atoms with Gasteiger partial charge in [-0.3, -0.25) is 19.3 Å². The van der Waals surface area contributed by atoms with E-state index in [-0.39, 0.29) is 18.1 Å². The van der Waals surface area contributed by atoms with E-state index in [4.69, 9.17) is 34.0 Å². The van der Waals surface area contributed by atoms with E-state index < -0.39 is 41.2 Å². The number of aryl methyl sites for hydroxylation is 1. The number of benzene rings is 1. The predicted molar refractivity (Wildman–Crippen MR) is 165 cm³/mol. The van der Waals surface area contributed by atoms with Gasteiger partial charge in [-0.15, -0.1) is 35.3 Å². The highest BCUT2D eigenvalue weighted by molar-refractivity contribution is 8.01. The number of aliphatic hydroxyl groups excluding tert-OH is 1. The number of aliphatic hydroxyl groups is 1. The van der Waals surface area contributed by atoms with E-state index in [1.54, 1.807) is 6.07 Å². The first-order chi connectivity index (χ1) is 20.5. The molecule has 2 amide bonds. The van der Waals surface area contributed by atoms with Crippen LogP contribution >= 0.6 is 58.5 Å². The first kappa shape index (κ1) is 33.4. The summed E-state index contributed by atoms with van der Waals surface area (Å²) in [6.07, 6.45) is 4.71. The molecule has 6 N–H and O–H groups in total. The molecule has 230 valence electrons. The summed E-state index contributed by atoms with van der Waals surface area (Å²) in [5.74, 6) is -2.37. The van der Waals surface area contributed by atoms with Crippen LogP contribution in [0.15, 0.2) is 57.7 Å². The maximum Gasteiger partial charge on any atom is 0.352 e. The molecule has 0 radical (unpaired) electrons. The number of pyridine rings is 1. The van der Waals surface area contributed by atoms with Gasteiger partial charge in [0.1, 0.15) is 29.7 Å². The molecule has 0 unspecified atom stereocenters. The van der Waals surface area contributed by atoms with Crippen LogP contribution in [0.4, 0.5) is 0 Å². The Kier molecular flexibility index (Phi) is 11.7. The number of thioether (sulfide) groups is 3. The summed E-state index contributed by atoms with van der Waals surface area (Å²) >= 11 is 16.3. The monoisotopic (exact) mass is 687 g/mol. The lowest BCUT2D eigenvalue weighted by atomic mass is 10.0. The lowest BCUT2D eigenvalue weighted by Gasteiger charge is -2.49. The lowest BCUT2D eigenvalue weighted by Crippen LogP contribution is -2.70. The fraction of sp³-hybridized carbons (Fsp3) is 0.370. The number of β-lactam (4-membered cyclic amide) rings is 1. The van der Waals surface area contributed by atoms with Crippen molar-refractivity contribution in [2.45, 2.75) is 53.2 Å². The number of carbonyl (C=O) groups is 4. The number of carbonyl (C=O) groups excluding carboxylic acids is 2. The number of aliphatic carboxylic acids is 2. The number of rotatable bonds is 14. The van der Waals surface area contributed by atoms with E-state index in [0.717, 1.165) is 16.7 Å². The number of hydrogen-bond donors (Lipinski definition) is 5. The van der Waals surface area contributed by atoms with Crippen LogP contribution in [0.5, 0.6) is 0 Å². The van der Waals surface area contributed by atoms with E-state index in [2.05, 4.69) is 5.32 Å². The molecule has 1 aromatic heterocycles. The normalized spacial score (nSPS) is 18.6. The summed E-state index contributed by atoms with van der Waals surface area (Å²) in [6.45, 7) is 0.351. The van der Waals surface area contributed by atoms with E-state index in [1.165, 1.54) is 34.5 Å². The van der Waals surface area contributed by atoms with Gasteiger partial charge >= 0.3 is 11.9 Å². The summed E-state index contributed by atoms with van der Waals surface area (Å²) in [6, 6.07) is 5.16. The molecule has 2 aliphatic rings. The van der Waals surface area contributed by atoms with Gasteiger partial charge in [0.2, 0.25) is 5.91 Å². The van der Waals surface area contributed by atoms with Crippen LogP contribution in [0.3, 0.4) is 0 Å². The molecule has 43 heavy (non-hydrogen) atoms. The fourth-order valence-electron chi connectivity index (χ4n) is 4.43. The molecule has 1 fully saturated rings.